The van der Waals surface area contributed by atoms with Crippen LogP contribution in [0.5, 0.6) is 0 Å². The van der Waals surface area contributed by atoms with E-state index in [0.29, 0.717) is 25.8 Å². The molecule has 0 atom stereocenters. The maximum absolute atomic E-state index is 12.3. The molecule has 1 amide bonds. The molecule has 7 heteroatoms. The molecule has 1 aliphatic rings. The number of aromatic nitrogens is 1. The smallest absolute Gasteiger partial charge is 0.264 e. The molecule has 0 saturated carbocycles. The van der Waals surface area contributed by atoms with Gasteiger partial charge in [-0.3, -0.25) is 4.79 Å². The van der Waals surface area contributed by atoms with Crippen LogP contribution in [0, 0.1) is 0 Å². The number of aryl methyl sites for hydroxylation is 1. The number of benzene rings is 2. The summed E-state index contributed by atoms with van der Waals surface area (Å²) in [7, 11) is 1.99. The Morgan fingerprint density at radius 2 is 1.96 bits per heavy atom. The van der Waals surface area contributed by atoms with Crippen LogP contribution in [0.2, 0.25) is 10.0 Å². The molecule has 1 saturated heterocycles. The number of fused-ring (bicyclic) bond motifs is 1. The third-order valence-electron chi connectivity index (χ3n) is 4.02. The van der Waals surface area contributed by atoms with E-state index in [0.717, 1.165) is 16.5 Å². The summed E-state index contributed by atoms with van der Waals surface area (Å²) in [5.41, 5.74) is 2.62. The molecule has 2 aromatic carbocycles. The molecule has 130 valence electrons. The van der Waals surface area contributed by atoms with E-state index in [1.807, 2.05) is 48.2 Å². The number of hydrogen-bond donors (Lipinski definition) is 1. The van der Waals surface area contributed by atoms with Crippen molar-refractivity contribution in [2.75, 3.05) is 0 Å². The lowest BCUT2D eigenvalue weighted by atomic mass is 10.1. The van der Waals surface area contributed by atoms with E-state index in [2.05, 4.69) is 10.3 Å². The lowest BCUT2D eigenvalue weighted by Gasteiger charge is -2.00. The molecule has 0 unspecified atom stereocenters. The standard InChI is InChI=1S/C19H13Cl2N3OS/c1-24-10-11(12-5-2-3-8-15(12)24)9-16-18(25)23-19(26-16)22-14-7-4-6-13(20)17(14)21/h2-10H,1H3,(H,22,23,25)/b16-9-. The van der Waals surface area contributed by atoms with Crippen LogP contribution in [0.25, 0.3) is 17.0 Å². The molecular weight excluding hydrogens is 389 g/mol. The van der Waals surface area contributed by atoms with Crippen LogP contribution in [0.4, 0.5) is 5.69 Å². The zero-order valence-corrected chi connectivity index (χ0v) is 16.0. The Balaban J connectivity index is 1.69. The topological polar surface area (TPSA) is 46.4 Å². The Kier molecular flexibility index (Phi) is 4.53. The van der Waals surface area contributed by atoms with Gasteiger partial charge in [-0.05, 0) is 36.0 Å². The fourth-order valence-corrected chi connectivity index (χ4v) is 3.96. The van der Waals surface area contributed by atoms with Gasteiger partial charge in [-0.15, -0.1) is 0 Å². The van der Waals surface area contributed by atoms with Gasteiger partial charge in [0.2, 0.25) is 0 Å². The van der Waals surface area contributed by atoms with Gasteiger partial charge in [-0.2, -0.15) is 0 Å². The third kappa shape index (κ3) is 3.14. The second-order valence-electron chi connectivity index (χ2n) is 5.77. The molecule has 1 fully saturated rings. The monoisotopic (exact) mass is 401 g/mol. The lowest BCUT2D eigenvalue weighted by molar-refractivity contribution is -0.115. The summed E-state index contributed by atoms with van der Waals surface area (Å²) in [6, 6.07) is 13.3. The minimum Gasteiger partial charge on any atom is -0.350 e. The Morgan fingerprint density at radius 1 is 1.15 bits per heavy atom. The SMILES string of the molecule is Cn1cc(/C=C2\SC(=Nc3cccc(Cl)c3Cl)NC2=O)c2ccccc21. The fourth-order valence-electron chi connectivity index (χ4n) is 2.80. The van der Waals surface area contributed by atoms with Gasteiger partial charge in [-0.25, -0.2) is 4.99 Å². The van der Waals surface area contributed by atoms with E-state index in [-0.39, 0.29) is 5.91 Å². The average Bonchev–Trinajstić information content (AvgIpc) is 3.13. The van der Waals surface area contributed by atoms with Crippen molar-refractivity contribution in [2.24, 2.45) is 12.0 Å². The molecule has 3 aromatic rings. The van der Waals surface area contributed by atoms with Crippen LogP contribution in [0.1, 0.15) is 5.56 Å². The number of nitrogens with one attached hydrogen (secondary N) is 1. The van der Waals surface area contributed by atoms with Gasteiger partial charge in [0.1, 0.15) is 0 Å². The first kappa shape index (κ1) is 17.2. The molecular formula is C19H13Cl2N3OS. The number of aliphatic imine (C=N–C) groups is 1. The molecule has 0 aliphatic carbocycles. The van der Waals surface area contributed by atoms with Crippen molar-refractivity contribution in [3.05, 3.63) is 69.2 Å². The van der Waals surface area contributed by atoms with Crippen molar-refractivity contribution in [1.82, 2.24) is 9.88 Å². The van der Waals surface area contributed by atoms with Crippen molar-refractivity contribution in [2.45, 2.75) is 0 Å². The van der Waals surface area contributed by atoms with Gasteiger partial charge < -0.3 is 9.88 Å². The number of carbonyl (C=O) groups is 1. The minimum absolute atomic E-state index is 0.181. The number of halogens is 2. The summed E-state index contributed by atoms with van der Waals surface area (Å²) in [4.78, 5) is 17.3. The second-order valence-corrected chi connectivity index (χ2v) is 7.58. The highest BCUT2D eigenvalue weighted by molar-refractivity contribution is 8.18. The highest BCUT2D eigenvalue weighted by Gasteiger charge is 2.24. The Bertz CT molecular complexity index is 1100. The van der Waals surface area contributed by atoms with Crippen LogP contribution in [-0.4, -0.2) is 15.6 Å². The largest absolute Gasteiger partial charge is 0.350 e. The number of amidine groups is 1. The van der Waals surface area contributed by atoms with Gasteiger partial charge in [0, 0.05) is 29.7 Å². The van der Waals surface area contributed by atoms with Crippen LogP contribution in [-0.2, 0) is 11.8 Å². The first-order chi connectivity index (χ1) is 12.5. The summed E-state index contributed by atoms with van der Waals surface area (Å²) in [5, 5.41) is 5.13. The Labute approximate surface area is 164 Å². The molecule has 1 aromatic heterocycles. The van der Waals surface area contributed by atoms with E-state index in [1.165, 1.54) is 11.8 Å². The number of rotatable bonds is 2. The van der Waals surface area contributed by atoms with Gasteiger partial charge >= 0.3 is 0 Å². The normalized spacial score (nSPS) is 17.4. The number of hydrogen-bond acceptors (Lipinski definition) is 3. The second kappa shape index (κ2) is 6.83. The van der Waals surface area contributed by atoms with Crippen LogP contribution in [0.3, 0.4) is 0 Å². The van der Waals surface area contributed by atoms with Gasteiger partial charge in [0.25, 0.3) is 5.91 Å². The van der Waals surface area contributed by atoms with Crippen LogP contribution >= 0.6 is 35.0 Å². The van der Waals surface area contributed by atoms with Crippen molar-refractivity contribution in [3.63, 3.8) is 0 Å². The Morgan fingerprint density at radius 3 is 2.81 bits per heavy atom. The lowest BCUT2D eigenvalue weighted by Crippen LogP contribution is -2.19. The van der Waals surface area contributed by atoms with Crippen molar-refractivity contribution < 1.29 is 4.79 Å². The number of nitrogens with zero attached hydrogens (tertiary/aromatic N) is 2. The van der Waals surface area contributed by atoms with E-state index in [4.69, 9.17) is 23.2 Å². The number of amides is 1. The fraction of sp³-hybridized carbons (Fsp3) is 0.0526. The van der Waals surface area contributed by atoms with Crippen molar-refractivity contribution >= 4 is 68.7 Å². The van der Waals surface area contributed by atoms with Crippen LogP contribution in [0.15, 0.2) is 58.6 Å². The first-order valence-corrected chi connectivity index (χ1v) is 9.38. The number of para-hydroxylation sites is 1. The molecule has 1 N–H and O–H groups in total. The number of thioether (sulfide) groups is 1. The zero-order valence-electron chi connectivity index (χ0n) is 13.7. The maximum atomic E-state index is 12.3. The molecule has 4 nitrogen and oxygen atoms in total. The quantitative estimate of drug-likeness (QED) is 0.586. The molecule has 0 spiro atoms. The van der Waals surface area contributed by atoms with Gasteiger partial charge in [-0.1, -0.05) is 47.5 Å². The summed E-state index contributed by atoms with van der Waals surface area (Å²) >= 11 is 13.5. The summed E-state index contributed by atoms with van der Waals surface area (Å²) in [5.74, 6) is -0.181. The average molecular weight is 402 g/mol. The molecule has 2 heterocycles. The van der Waals surface area contributed by atoms with E-state index < -0.39 is 0 Å². The summed E-state index contributed by atoms with van der Waals surface area (Å²) in [6.45, 7) is 0. The summed E-state index contributed by atoms with van der Waals surface area (Å²) < 4.78 is 2.04. The minimum atomic E-state index is -0.181. The van der Waals surface area contributed by atoms with E-state index in [9.17, 15) is 4.79 Å². The predicted octanol–water partition coefficient (Wildman–Crippen LogP) is 5.38. The molecule has 1 aliphatic heterocycles. The van der Waals surface area contributed by atoms with Gasteiger partial charge in [0.15, 0.2) is 5.17 Å². The highest BCUT2D eigenvalue weighted by atomic mass is 35.5. The van der Waals surface area contributed by atoms with Crippen molar-refractivity contribution in [3.8, 4) is 0 Å². The zero-order chi connectivity index (χ0) is 18.3. The predicted molar refractivity (Wildman–Crippen MR) is 110 cm³/mol. The van der Waals surface area contributed by atoms with E-state index in [1.54, 1.807) is 18.2 Å². The molecule has 0 bridgehead atoms. The molecule has 0 radical (unpaired) electrons. The van der Waals surface area contributed by atoms with Gasteiger partial charge in [0.05, 0.1) is 20.6 Å². The first-order valence-electron chi connectivity index (χ1n) is 7.80. The maximum Gasteiger partial charge on any atom is 0.264 e. The van der Waals surface area contributed by atoms with Crippen molar-refractivity contribution in [1.29, 1.82) is 0 Å². The van der Waals surface area contributed by atoms with Crippen LogP contribution < -0.4 is 5.32 Å². The third-order valence-corrected chi connectivity index (χ3v) is 5.74. The molecule has 26 heavy (non-hydrogen) atoms. The molecule has 4 rings (SSSR count). The van der Waals surface area contributed by atoms with E-state index >= 15 is 0 Å². The highest BCUT2D eigenvalue weighted by Crippen LogP contribution is 2.35. The summed E-state index contributed by atoms with van der Waals surface area (Å²) in [6.07, 6.45) is 3.89. The Hall–Kier alpha value is -2.21. The number of carbonyl (C=O) groups excluding carboxylic acids is 1.